The van der Waals surface area contributed by atoms with Gasteiger partial charge in [-0.1, -0.05) is 26.3 Å². The topological polar surface area (TPSA) is 281 Å². The molecular weight excluding hydrogens is 648 g/mol. The number of carboxylic acid groups (broad SMARTS) is 4. The van der Waals surface area contributed by atoms with Gasteiger partial charge in [-0.2, -0.15) is 0 Å². The van der Waals surface area contributed by atoms with Crippen LogP contribution in [0.3, 0.4) is 0 Å². The zero-order valence-corrected chi connectivity index (χ0v) is 26.7. The molecular formula is C30H40O18. The Kier molecular flexibility index (Phi) is 31.5. The molecule has 48 heavy (non-hydrogen) atoms. The molecule has 0 unspecified atom stereocenters. The minimum atomic E-state index is -1.24. The van der Waals surface area contributed by atoms with Gasteiger partial charge in [0.25, 0.3) is 0 Å². The molecule has 0 aliphatic rings. The Morgan fingerprint density at radius 3 is 1.27 bits per heavy atom. The maximum Gasteiger partial charge on any atom is 0.333 e. The number of esters is 5. The standard InChI is InChI=1S/C10H14O6.C10H12O6.C6H8O4.C4H6O2/c2*1-7(2)10(14)16-6-5-15-9(13)4-3-8(11)12;1-2-6(9)10-4-3-5(7)8;1-3(2)4(5)6/h1,3-6H2,2H3,(H,11,12);3-4H,1,5-6H2,2H3,(H,11,12);2H,1,3-4H2,(H,7,8);1H2,2H3,(H,5,6)/b;4-3-;;. The summed E-state index contributed by atoms with van der Waals surface area (Å²) in [4.78, 5) is 93.2. The summed E-state index contributed by atoms with van der Waals surface area (Å²) in [6, 6.07) is 0. The molecule has 0 radical (unpaired) electrons. The van der Waals surface area contributed by atoms with E-state index in [-0.39, 0.29) is 69.0 Å². The Labute approximate surface area is 275 Å². The van der Waals surface area contributed by atoms with Crippen LogP contribution in [0.5, 0.6) is 0 Å². The van der Waals surface area contributed by atoms with E-state index in [1.54, 1.807) is 0 Å². The van der Waals surface area contributed by atoms with Crippen LogP contribution < -0.4 is 0 Å². The predicted octanol–water partition coefficient (Wildman–Crippen LogP) is 1.64. The zero-order chi connectivity index (χ0) is 38.2. The Morgan fingerprint density at radius 1 is 0.521 bits per heavy atom. The summed E-state index contributed by atoms with van der Waals surface area (Å²) in [6.45, 7) is 17.0. The molecule has 0 amide bonds. The van der Waals surface area contributed by atoms with Gasteiger partial charge in [0.15, 0.2) is 0 Å². The highest BCUT2D eigenvalue weighted by Crippen LogP contribution is 1.95. The molecule has 0 aliphatic carbocycles. The van der Waals surface area contributed by atoms with Gasteiger partial charge >= 0.3 is 53.7 Å². The lowest BCUT2D eigenvalue weighted by molar-refractivity contribution is -0.151. The van der Waals surface area contributed by atoms with Crippen molar-refractivity contribution < 1.29 is 87.3 Å². The zero-order valence-electron chi connectivity index (χ0n) is 26.7. The van der Waals surface area contributed by atoms with Crippen LogP contribution in [0.4, 0.5) is 0 Å². The number of carbonyl (C=O) groups is 9. The van der Waals surface area contributed by atoms with Crippen LogP contribution in [0.2, 0.25) is 0 Å². The van der Waals surface area contributed by atoms with Crippen LogP contribution in [0, 0.1) is 0 Å². The molecule has 4 N–H and O–H groups in total. The lowest BCUT2D eigenvalue weighted by Gasteiger charge is -2.05. The van der Waals surface area contributed by atoms with Crippen molar-refractivity contribution in [1.29, 1.82) is 0 Å². The van der Waals surface area contributed by atoms with E-state index in [0.29, 0.717) is 6.08 Å². The first kappa shape index (κ1) is 48.8. The molecule has 0 aromatic carbocycles. The van der Waals surface area contributed by atoms with Crippen LogP contribution in [0.15, 0.2) is 61.3 Å². The second kappa shape index (κ2) is 30.9. The highest BCUT2D eigenvalue weighted by atomic mass is 16.6. The van der Waals surface area contributed by atoms with Gasteiger partial charge < -0.3 is 44.1 Å². The monoisotopic (exact) mass is 688 g/mol. The molecule has 18 heteroatoms. The van der Waals surface area contributed by atoms with Crippen molar-refractivity contribution in [2.45, 2.75) is 40.0 Å². The second-order valence-corrected chi connectivity index (χ2v) is 8.39. The molecule has 0 saturated carbocycles. The van der Waals surface area contributed by atoms with Gasteiger partial charge in [-0.15, -0.1) is 0 Å². The first-order valence-electron chi connectivity index (χ1n) is 13.2. The Bertz CT molecular complexity index is 1200. The lowest BCUT2D eigenvalue weighted by Crippen LogP contribution is -2.14. The number of rotatable bonds is 18. The summed E-state index contributed by atoms with van der Waals surface area (Å²) >= 11 is 0. The van der Waals surface area contributed by atoms with Crippen LogP contribution in [0.1, 0.15) is 40.0 Å². The average Bonchev–Trinajstić information content (AvgIpc) is 2.99. The lowest BCUT2D eigenvalue weighted by atomic mass is 10.3. The van der Waals surface area contributed by atoms with E-state index in [2.05, 4.69) is 50.0 Å². The van der Waals surface area contributed by atoms with E-state index >= 15 is 0 Å². The summed E-state index contributed by atoms with van der Waals surface area (Å²) in [6.07, 6.45) is 1.78. The Hall–Kier alpha value is -6.07. The van der Waals surface area contributed by atoms with Crippen LogP contribution in [-0.4, -0.2) is 107 Å². The van der Waals surface area contributed by atoms with Crippen molar-refractivity contribution >= 4 is 53.7 Å². The highest BCUT2D eigenvalue weighted by molar-refractivity contribution is 5.91. The quantitative estimate of drug-likeness (QED) is 0.0689. The average molecular weight is 689 g/mol. The fraction of sp³-hybridized carbons (Fsp3) is 0.367. The number of ether oxygens (including phenoxy) is 5. The summed E-state index contributed by atoms with van der Waals surface area (Å²) in [5.74, 6) is -7.40. The van der Waals surface area contributed by atoms with Gasteiger partial charge in [-0.05, 0) is 20.8 Å². The van der Waals surface area contributed by atoms with Crippen molar-refractivity contribution in [3.05, 3.63) is 61.3 Å². The Morgan fingerprint density at radius 2 is 0.917 bits per heavy atom. The first-order chi connectivity index (χ1) is 22.2. The molecule has 0 atom stereocenters. The van der Waals surface area contributed by atoms with Crippen molar-refractivity contribution in [2.24, 2.45) is 0 Å². The maximum atomic E-state index is 10.9. The van der Waals surface area contributed by atoms with E-state index in [9.17, 15) is 43.2 Å². The second-order valence-electron chi connectivity index (χ2n) is 8.39. The SMILES string of the molecule is C=C(C)C(=O)O.C=C(C)C(=O)OCCOC(=O)/C=C\C(=O)O.C=C(C)C(=O)OCCOC(=O)CCC(=O)O.C=CC(=O)OCCC(=O)O. The summed E-state index contributed by atoms with van der Waals surface area (Å²) in [5, 5.41) is 32.4. The fourth-order valence-corrected chi connectivity index (χ4v) is 1.58. The molecule has 0 saturated heterocycles. The first-order valence-corrected chi connectivity index (χ1v) is 13.2. The van der Waals surface area contributed by atoms with Crippen molar-refractivity contribution in [2.75, 3.05) is 33.0 Å². The van der Waals surface area contributed by atoms with Crippen molar-refractivity contribution in [1.82, 2.24) is 0 Å². The smallest absolute Gasteiger partial charge is 0.333 e. The number of carboxylic acids is 4. The van der Waals surface area contributed by atoms with E-state index in [4.69, 9.17) is 20.4 Å². The van der Waals surface area contributed by atoms with E-state index < -0.39 is 53.7 Å². The number of aliphatic carboxylic acids is 4. The predicted molar refractivity (Wildman–Crippen MR) is 163 cm³/mol. The minimum absolute atomic E-state index is 0.0650. The molecule has 0 aromatic heterocycles. The molecule has 0 heterocycles. The largest absolute Gasteiger partial charge is 0.481 e. The minimum Gasteiger partial charge on any atom is -0.481 e. The number of hydrogen-bond donors (Lipinski definition) is 4. The molecule has 0 aliphatic heterocycles. The van der Waals surface area contributed by atoms with Crippen molar-refractivity contribution in [3.63, 3.8) is 0 Å². The van der Waals surface area contributed by atoms with E-state index in [1.807, 2.05) is 0 Å². The number of hydrogen-bond acceptors (Lipinski definition) is 14. The molecule has 0 rings (SSSR count). The van der Waals surface area contributed by atoms with Gasteiger partial charge in [-0.25, -0.2) is 28.8 Å². The molecule has 0 aromatic rings. The van der Waals surface area contributed by atoms with Crippen LogP contribution in [0.25, 0.3) is 0 Å². The summed E-state index contributed by atoms with van der Waals surface area (Å²) < 4.78 is 22.8. The van der Waals surface area contributed by atoms with Crippen molar-refractivity contribution in [3.8, 4) is 0 Å². The molecule has 18 nitrogen and oxygen atoms in total. The molecule has 0 bridgehead atoms. The fourth-order valence-electron chi connectivity index (χ4n) is 1.58. The van der Waals surface area contributed by atoms with Gasteiger partial charge in [0.1, 0.15) is 33.0 Å². The molecule has 268 valence electrons. The third kappa shape index (κ3) is 42.1. The highest BCUT2D eigenvalue weighted by Gasteiger charge is 2.08. The number of carbonyl (C=O) groups excluding carboxylic acids is 5. The van der Waals surface area contributed by atoms with Gasteiger partial charge in [-0.3, -0.25) is 14.4 Å². The maximum absolute atomic E-state index is 10.9. The molecule has 0 spiro atoms. The van der Waals surface area contributed by atoms with Crippen LogP contribution >= 0.6 is 0 Å². The van der Waals surface area contributed by atoms with Gasteiger partial charge in [0.2, 0.25) is 0 Å². The van der Waals surface area contributed by atoms with Crippen LogP contribution in [-0.2, 0) is 66.8 Å². The normalized spacial score (nSPS) is 9.06. The Balaban J connectivity index is -0.000000285. The molecule has 0 fully saturated rings. The summed E-state index contributed by atoms with van der Waals surface area (Å²) in [5.41, 5.74) is 0.685. The van der Waals surface area contributed by atoms with E-state index in [1.165, 1.54) is 20.8 Å². The van der Waals surface area contributed by atoms with Gasteiger partial charge in [0, 0.05) is 34.9 Å². The van der Waals surface area contributed by atoms with E-state index in [0.717, 1.165) is 12.2 Å². The third-order valence-corrected chi connectivity index (χ3v) is 3.83. The van der Waals surface area contributed by atoms with Gasteiger partial charge in [0.05, 0.1) is 19.3 Å². The third-order valence-electron chi connectivity index (χ3n) is 3.83. The summed E-state index contributed by atoms with van der Waals surface area (Å²) in [7, 11) is 0.